The van der Waals surface area contributed by atoms with Gasteiger partial charge in [0.25, 0.3) is 0 Å². The van der Waals surface area contributed by atoms with E-state index in [2.05, 4.69) is 25.6 Å². The van der Waals surface area contributed by atoms with Gasteiger partial charge in [-0.15, -0.1) is 12.6 Å². The van der Waals surface area contributed by atoms with E-state index < -0.39 is 0 Å². The lowest BCUT2D eigenvalue weighted by molar-refractivity contribution is 0.824. The quantitative estimate of drug-likeness (QED) is 0.532. The average Bonchev–Trinajstić information content (AvgIpc) is 1.64. The van der Waals surface area contributed by atoms with Crippen LogP contribution in [0.1, 0.15) is 5.56 Å². The smallest absolute Gasteiger partial charge is 0.00426 e. The molecule has 0 fully saturated rings. The molecule has 0 atom stereocenters. The van der Waals surface area contributed by atoms with Crippen LogP contribution in [0, 0.1) is 6.92 Å². The predicted octanol–water partition coefficient (Wildman–Crippen LogP) is 1.46. The molecule has 1 nitrogen and oxygen atoms in total. The van der Waals surface area contributed by atoms with E-state index in [-0.39, 0.29) is 5.48 Å². The number of hydrogen-bond acceptors (Lipinski definition) is 1. The molecule has 0 aliphatic carbocycles. The molecule has 0 spiro atoms. The summed E-state index contributed by atoms with van der Waals surface area (Å²) in [5.41, 5.74) is 1.26. The first-order valence-electron chi connectivity index (χ1n) is 2.54. The van der Waals surface area contributed by atoms with Crippen molar-refractivity contribution in [1.82, 2.24) is 0 Å². The first-order valence-corrected chi connectivity index (χ1v) is 2.99. The van der Waals surface area contributed by atoms with Gasteiger partial charge < -0.3 is 5.48 Å². The van der Waals surface area contributed by atoms with Crippen molar-refractivity contribution < 1.29 is 5.48 Å². The highest BCUT2D eigenvalue weighted by Gasteiger charge is 1.81. The maximum atomic E-state index is 4.15. The Morgan fingerprint density at radius 2 is 2.00 bits per heavy atom. The average molecular weight is 142 g/mol. The molecule has 1 rings (SSSR count). The highest BCUT2D eigenvalue weighted by molar-refractivity contribution is 7.80. The van der Waals surface area contributed by atoms with Gasteiger partial charge in [-0.05, 0) is 19.1 Å². The van der Waals surface area contributed by atoms with E-state index in [4.69, 9.17) is 0 Å². The Kier molecular flexibility index (Phi) is 3.35. The summed E-state index contributed by atoms with van der Waals surface area (Å²) >= 11 is 4.15. The van der Waals surface area contributed by atoms with Crippen LogP contribution in [0.4, 0.5) is 0 Å². The van der Waals surface area contributed by atoms with Crippen molar-refractivity contribution in [1.29, 1.82) is 0 Å². The first kappa shape index (κ1) is 8.53. The van der Waals surface area contributed by atoms with Gasteiger partial charge in [-0.3, -0.25) is 0 Å². The molecular formula is C7H10OS. The van der Waals surface area contributed by atoms with Crippen LogP contribution in [0.2, 0.25) is 0 Å². The van der Waals surface area contributed by atoms with Crippen molar-refractivity contribution in [2.75, 3.05) is 0 Å². The second-order valence-electron chi connectivity index (χ2n) is 1.84. The van der Waals surface area contributed by atoms with Crippen LogP contribution in [0.3, 0.4) is 0 Å². The summed E-state index contributed by atoms with van der Waals surface area (Å²) in [6, 6.07) is 8.05. The second-order valence-corrected chi connectivity index (χ2v) is 2.36. The molecule has 50 valence electrons. The van der Waals surface area contributed by atoms with Crippen LogP contribution in [-0.4, -0.2) is 5.48 Å². The third kappa shape index (κ3) is 2.54. The summed E-state index contributed by atoms with van der Waals surface area (Å²) < 4.78 is 0. The second kappa shape index (κ2) is 3.54. The van der Waals surface area contributed by atoms with Gasteiger partial charge in [0, 0.05) is 4.90 Å². The maximum absolute atomic E-state index is 4.15. The molecule has 2 heteroatoms. The highest BCUT2D eigenvalue weighted by Crippen LogP contribution is 2.06. The molecule has 0 bridgehead atoms. The van der Waals surface area contributed by atoms with E-state index in [1.54, 1.807) is 0 Å². The molecule has 0 heterocycles. The van der Waals surface area contributed by atoms with Crippen LogP contribution in [0.25, 0.3) is 0 Å². The normalized spacial score (nSPS) is 8.22. The number of aryl methyl sites for hydroxylation is 1. The lowest BCUT2D eigenvalue weighted by Gasteiger charge is -1.89. The number of rotatable bonds is 0. The van der Waals surface area contributed by atoms with Crippen molar-refractivity contribution >= 4 is 12.6 Å². The Morgan fingerprint density at radius 3 is 2.33 bits per heavy atom. The van der Waals surface area contributed by atoms with Gasteiger partial charge in [0.05, 0.1) is 0 Å². The SMILES string of the molecule is Cc1cccc(S)c1.O. The molecule has 1 aromatic rings. The summed E-state index contributed by atoms with van der Waals surface area (Å²) in [7, 11) is 0. The molecular weight excluding hydrogens is 132 g/mol. The third-order valence-electron chi connectivity index (χ3n) is 1.00. The topological polar surface area (TPSA) is 31.5 Å². The van der Waals surface area contributed by atoms with Crippen LogP contribution in [0.5, 0.6) is 0 Å². The summed E-state index contributed by atoms with van der Waals surface area (Å²) in [5, 5.41) is 0. The number of hydrogen-bond donors (Lipinski definition) is 1. The molecule has 0 aromatic heterocycles. The van der Waals surface area contributed by atoms with Crippen LogP contribution in [0.15, 0.2) is 29.2 Å². The lowest BCUT2D eigenvalue weighted by Crippen LogP contribution is -1.67. The monoisotopic (exact) mass is 142 g/mol. The van der Waals surface area contributed by atoms with Gasteiger partial charge in [-0.1, -0.05) is 17.7 Å². The molecule has 0 saturated carbocycles. The Balaban J connectivity index is 0.000000640. The summed E-state index contributed by atoms with van der Waals surface area (Å²) in [5.74, 6) is 0. The van der Waals surface area contributed by atoms with E-state index >= 15 is 0 Å². The Hall–Kier alpha value is -0.470. The van der Waals surface area contributed by atoms with E-state index in [0.29, 0.717) is 0 Å². The fourth-order valence-electron chi connectivity index (χ4n) is 0.628. The fourth-order valence-corrected chi connectivity index (χ4v) is 0.918. The molecule has 0 unspecified atom stereocenters. The van der Waals surface area contributed by atoms with Gasteiger partial charge >= 0.3 is 0 Å². The van der Waals surface area contributed by atoms with Gasteiger partial charge in [0.15, 0.2) is 0 Å². The molecule has 0 aliphatic rings. The highest BCUT2D eigenvalue weighted by atomic mass is 32.1. The van der Waals surface area contributed by atoms with Crippen molar-refractivity contribution in [3.8, 4) is 0 Å². The molecule has 2 N–H and O–H groups in total. The zero-order chi connectivity index (χ0) is 5.98. The summed E-state index contributed by atoms with van der Waals surface area (Å²) in [6.07, 6.45) is 0. The van der Waals surface area contributed by atoms with Crippen LogP contribution < -0.4 is 0 Å². The Bertz CT molecular complexity index is 169. The van der Waals surface area contributed by atoms with Crippen molar-refractivity contribution in [3.05, 3.63) is 29.8 Å². The minimum absolute atomic E-state index is 0. The number of benzene rings is 1. The predicted molar refractivity (Wildman–Crippen MR) is 42.0 cm³/mol. The van der Waals surface area contributed by atoms with Crippen LogP contribution >= 0.6 is 12.6 Å². The van der Waals surface area contributed by atoms with Crippen LogP contribution in [-0.2, 0) is 0 Å². The minimum Gasteiger partial charge on any atom is -0.412 e. The van der Waals surface area contributed by atoms with Gasteiger partial charge in [0.1, 0.15) is 0 Å². The molecule has 0 aliphatic heterocycles. The third-order valence-corrected chi connectivity index (χ3v) is 1.28. The zero-order valence-electron chi connectivity index (χ0n) is 5.26. The lowest BCUT2D eigenvalue weighted by atomic mass is 10.2. The largest absolute Gasteiger partial charge is 0.412 e. The summed E-state index contributed by atoms with van der Waals surface area (Å²) in [6.45, 7) is 2.06. The minimum atomic E-state index is 0. The zero-order valence-corrected chi connectivity index (χ0v) is 6.15. The van der Waals surface area contributed by atoms with Gasteiger partial charge in [-0.25, -0.2) is 0 Å². The molecule has 0 radical (unpaired) electrons. The van der Waals surface area contributed by atoms with Crippen molar-refractivity contribution in [2.45, 2.75) is 11.8 Å². The van der Waals surface area contributed by atoms with Gasteiger partial charge in [-0.2, -0.15) is 0 Å². The first-order chi connectivity index (χ1) is 3.79. The Labute approximate surface area is 60.4 Å². The van der Waals surface area contributed by atoms with Gasteiger partial charge in [0.2, 0.25) is 0 Å². The summed E-state index contributed by atoms with van der Waals surface area (Å²) in [4.78, 5) is 1.03. The van der Waals surface area contributed by atoms with Crippen molar-refractivity contribution in [3.63, 3.8) is 0 Å². The number of thiol groups is 1. The van der Waals surface area contributed by atoms with Crippen molar-refractivity contribution in [2.24, 2.45) is 0 Å². The molecule has 0 saturated heterocycles. The Morgan fingerprint density at radius 1 is 1.33 bits per heavy atom. The van der Waals surface area contributed by atoms with E-state index in [0.717, 1.165) is 4.90 Å². The molecule has 9 heavy (non-hydrogen) atoms. The van der Waals surface area contributed by atoms with E-state index in [9.17, 15) is 0 Å². The van der Waals surface area contributed by atoms with E-state index in [1.165, 1.54) is 5.56 Å². The molecule has 0 amide bonds. The molecule has 1 aromatic carbocycles. The standard InChI is InChI=1S/C7H8S.H2O/c1-6-3-2-4-7(8)5-6;/h2-5,8H,1H3;1H2. The van der Waals surface area contributed by atoms with E-state index in [1.807, 2.05) is 18.2 Å². The maximum Gasteiger partial charge on any atom is 0.00426 e. The fraction of sp³-hybridized carbons (Fsp3) is 0.143.